The number of hydrogen-bond acceptors (Lipinski definition) is 3. The summed E-state index contributed by atoms with van der Waals surface area (Å²) in [6, 6.07) is 5.11. The van der Waals surface area contributed by atoms with E-state index in [1.165, 1.54) is 6.92 Å². The molecule has 0 spiro atoms. The third kappa shape index (κ3) is 1.31. The van der Waals surface area contributed by atoms with Gasteiger partial charge in [-0.1, -0.05) is 0 Å². The molecule has 2 aromatic rings. The van der Waals surface area contributed by atoms with Crippen LogP contribution in [0.1, 0.15) is 17.3 Å². The second-order valence-corrected chi connectivity index (χ2v) is 3.01. The van der Waals surface area contributed by atoms with E-state index in [1.807, 2.05) is 0 Å². The fraction of sp³-hybridized carbons (Fsp3) is 0.100. The second-order valence-electron chi connectivity index (χ2n) is 3.01. The SMILES string of the molecule is CC(=O)c1cc2cccnc2[nH]c1=O. The molecule has 0 bridgehead atoms. The molecule has 0 aliphatic heterocycles. The van der Waals surface area contributed by atoms with Crippen LogP contribution < -0.4 is 5.56 Å². The lowest BCUT2D eigenvalue weighted by Crippen LogP contribution is -2.15. The van der Waals surface area contributed by atoms with Gasteiger partial charge in [0.05, 0.1) is 5.56 Å². The number of hydrogen-bond donors (Lipinski definition) is 1. The van der Waals surface area contributed by atoms with Gasteiger partial charge in [0.25, 0.3) is 5.56 Å². The Hall–Kier alpha value is -1.97. The number of Topliss-reactive ketones (excluding diaryl/α,β-unsaturated/α-hetero) is 1. The molecule has 14 heavy (non-hydrogen) atoms. The zero-order valence-electron chi connectivity index (χ0n) is 7.57. The van der Waals surface area contributed by atoms with E-state index in [0.29, 0.717) is 5.65 Å². The second kappa shape index (κ2) is 3.06. The van der Waals surface area contributed by atoms with Crippen molar-refractivity contribution < 1.29 is 4.79 Å². The number of nitrogens with zero attached hydrogens (tertiary/aromatic N) is 1. The molecule has 2 aromatic heterocycles. The molecule has 70 valence electrons. The first kappa shape index (κ1) is 8.62. The lowest BCUT2D eigenvalue weighted by atomic mass is 10.1. The number of rotatable bonds is 1. The quantitative estimate of drug-likeness (QED) is 0.682. The first-order valence-electron chi connectivity index (χ1n) is 4.17. The molecular formula is C10H8N2O2. The number of H-pyrrole nitrogens is 1. The van der Waals surface area contributed by atoms with E-state index in [9.17, 15) is 9.59 Å². The molecule has 0 saturated heterocycles. The summed E-state index contributed by atoms with van der Waals surface area (Å²) in [7, 11) is 0. The number of carbonyl (C=O) groups is 1. The van der Waals surface area contributed by atoms with Gasteiger partial charge in [0.15, 0.2) is 5.78 Å². The van der Waals surface area contributed by atoms with E-state index in [1.54, 1.807) is 24.4 Å². The van der Waals surface area contributed by atoms with E-state index in [0.717, 1.165) is 5.39 Å². The molecule has 1 N–H and O–H groups in total. The standard InChI is InChI=1S/C10H8N2O2/c1-6(13)8-5-7-3-2-4-11-9(7)12-10(8)14/h2-5H,1H3,(H,11,12,14). The van der Waals surface area contributed by atoms with Crippen LogP contribution in [0.25, 0.3) is 11.0 Å². The third-order valence-corrected chi connectivity index (χ3v) is 1.99. The highest BCUT2D eigenvalue weighted by Gasteiger charge is 2.06. The van der Waals surface area contributed by atoms with Gasteiger partial charge >= 0.3 is 0 Å². The largest absolute Gasteiger partial charge is 0.306 e. The lowest BCUT2D eigenvalue weighted by Gasteiger charge is -1.98. The molecule has 0 unspecified atom stereocenters. The van der Waals surface area contributed by atoms with Crippen LogP contribution >= 0.6 is 0 Å². The van der Waals surface area contributed by atoms with Crippen molar-refractivity contribution in [2.75, 3.05) is 0 Å². The minimum Gasteiger partial charge on any atom is -0.306 e. The van der Waals surface area contributed by atoms with Crippen molar-refractivity contribution in [2.24, 2.45) is 0 Å². The molecule has 2 heterocycles. The Balaban J connectivity index is 2.84. The summed E-state index contributed by atoms with van der Waals surface area (Å²) in [4.78, 5) is 29.0. The summed E-state index contributed by atoms with van der Waals surface area (Å²) in [6.45, 7) is 1.37. The predicted molar refractivity (Wildman–Crippen MR) is 52.4 cm³/mol. The molecule has 0 aliphatic carbocycles. The molecule has 0 radical (unpaired) electrons. The van der Waals surface area contributed by atoms with Crippen LogP contribution in [0, 0.1) is 0 Å². The molecule has 4 heteroatoms. The van der Waals surface area contributed by atoms with Crippen molar-refractivity contribution >= 4 is 16.8 Å². The average Bonchev–Trinajstić information content (AvgIpc) is 2.16. The smallest absolute Gasteiger partial charge is 0.260 e. The van der Waals surface area contributed by atoms with Crippen LogP contribution in [0.2, 0.25) is 0 Å². The molecule has 0 aromatic carbocycles. The summed E-state index contributed by atoms with van der Waals surface area (Å²) in [6.07, 6.45) is 1.59. The first-order valence-corrected chi connectivity index (χ1v) is 4.17. The van der Waals surface area contributed by atoms with Crippen LogP contribution in [-0.2, 0) is 0 Å². The number of fused-ring (bicyclic) bond motifs is 1. The van der Waals surface area contributed by atoms with E-state index in [2.05, 4.69) is 9.97 Å². The first-order chi connectivity index (χ1) is 6.68. The van der Waals surface area contributed by atoms with Gasteiger partial charge in [0.2, 0.25) is 0 Å². The Morgan fingerprint density at radius 2 is 2.29 bits per heavy atom. The number of aromatic nitrogens is 2. The number of nitrogens with one attached hydrogen (secondary N) is 1. The van der Waals surface area contributed by atoms with Crippen molar-refractivity contribution in [1.29, 1.82) is 0 Å². The normalized spacial score (nSPS) is 10.4. The fourth-order valence-electron chi connectivity index (χ4n) is 1.30. The van der Waals surface area contributed by atoms with Gasteiger partial charge in [-0.05, 0) is 25.1 Å². The third-order valence-electron chi connectivity index (χ3n) is 1.99. The van der Waals surface area contributed by atoms with E-state index in [4.69, 9.17) is 0 Å². The summed E-state index contributed by atoms with van der Waals surface area (Å²) in [5.74, 6) is -0.239. The Kier molecular flexibility index (Phi) is 1.89. The van der Waals surface area contributed by atoms with Crippen LogP contribution in [-0.4, -0.2) is 15.8 Å². The molecular weight excluding hydrogens is 180 g/mol. The average molecular weight is 188 g/mol. The maximum absolute atomic E-state index is 11.4. The molecule has 4 nitrogen and oxygen atoms in total. The maximum Gasteiger partial charge on any atom is 0.260 e. The van der Waals surface area contributed by atoms with Crippen molar-refractivity contribution in [3.05, 3.63) is 40.3 Å². The molecule has 0 fully saturated rings. The van der Waals surface area contributed by atoms with Gasteiger partial charge in [-0.2, -0.15) is 0 Å². The maximum atomic E-state index is 11.4. The van der Waals surface area contributed by atoms with Gasteiger partial charge in [-0.25, -0.2) is 4.98 Å². The summed E-state index contributed by atoms with van der Waals surface area (Å²) in [5, 5.41) is 0.761. The summed E-state index contributed by atoms with van der Waals surface area (Å²) in [5.41, 5.74) is 0.289. The lowest BCUT2D eigenvalue weighted by molar-refractivity contribution is 0.101. The van der Waals surface area contributed by atoms with Gasteiger partial charge in [0.1, 0.15) is 5.65 Å². The predicted octanol–water partition coefficient (Wildman–Crippen LogP) is 1.13. The monoisotopic (exact) mass is 188 g/mol. The Bertz CT molecular complexity index is 557. The van der Waals surface area contributed by atoms with E-state index >= 15 is 0 Å². The zero-order valence-corrected chi connectivity index (χ0v) is 7.57. The number of ketones is 1. The van der Waals surface area contributed by atoms with Gasteiger partial charge in [-0.3, -0.25) is 9.59 Å². The zero-order chi connectivity index (χ0) is 10.1. The molecule has 0 saturated carbocycles. The number of aromatic amines is 1. The molecule has 2 rings (SSSR count). The van der Waals surface area contributed by atoms with Crippen LogP contribution in [0.4, 0.5) is 0 Å². The summed E-state index contributed by atoms with van der Waals surface area (Å²) < 4.78 is 0. The highest BCUT2D eigenvalue weighted by molar-refractivity contribution is 5.96. The molecule has 0 aliphatic rings. The topological polar surface area (TPSA) is 62.8 Å². The fourth-order valence-corrected chi connectivity index (χ4v) is 1.30. The van der Waals surface area contributed by atoms with Gasteiger partial charge < -0.3 is 4.98 Å². The number of carbonyl (C=O) groups excluding carboxylic acids is 1. The van der Waals surface area contributed by atoms with Crippen LogP contribution in [0.5, 0.6) is 0 Å². The molecule has 0 atom stereocenters. The van der Waals surface area contributed by atoms with Crippen LogP contribution in [0.15, 0.2) is 29.2 Å². The summed E-state index contributed by atoms with van der Waals surface area (Å²) >= 11 is 0. The van der Waals surface area contributed by atoms with Crippen LogP contribution in [0.3, 0.4) is 0 Å². The Morgan fingerprint density at radius 1 is 1.50 bits per heavy atom. The van der Waals surface area contributed by atoms with E-state index < -0.39 is 0 Å². The highest BCUT2D eigenvalue weighted by Crippen LogP contribution is 2.07. The number of pyridine rings is 2. The Labute approximate surface area is 79.6 Å². The minimum absolute atomic E-state index is 0.172. The van der Waals surface area contributed by atoms with Crippen molar-refractivity contribution in [1.82, 2.24) is 9.97 Å². The van der Waals surface area contributed by atoms with Crippen molar-refractivity contribution in [3.8, 4) is 0 Å². The van der Waals surface area contributed by atoms with Crippen molar-refractivity contribution in [3.63, 3.8) is 0 Å². The van der Waals surface area contributed by atoms with Gasteiger partial charge in [0, 0.05) is 11.6 Å². The Morgan fingerprint density at radius 3 is 3.00 bits per heavy atom. The molecule has 0 amide bonds. The highest BCUT2D eigenvalue weighted by atomic mass is 16.1. The van der Waals surface area contributed by atoms with E-state index in [-0.39, 0.29) is 16.9 Å². The van der Waals surface area contributed by atoms with Gasteiger partial charge in [-0.15, -0.1) is 0 Å². The minimum atomic E-state index is -0.385. The van der Waals surface area contributed by atoms with Crippen molar-refractivity contribution in [2.45, 2.75) is 6.92 Å².